The molecule has 2 aromatic rings. The smallest absolute Gasteiger partial charge is 0.230 e. The Bertz CT molecular complexity index is 637. The first-order chi connectivity index (χ1) is 9.79. The monoisotopic (exact) mass is 268 g/mol. The Morgan fingerprint density at radius 2 is 1.85 bits per heavy atom. The summed E-state index contributed by atoms with van der Waals surface area (Å²) in [4.78, 5) is 14.1. The van der Waals surface area contributed by atoms with Crippen molar-refractivity contribution in [2.75, 3.05) is 11.9 Å². The SMILES string of the molecule is [N-]=[N+]=NCC(=O)Nc1ccccc1Oc1ccccc1. The third-order valence-electron chi connectivity index (χ3n) is 2.41. The summed E-state index contributed by atoms with van der Waals surface area (Å²) in [5.41, 5.74) is 8.71. The first kappa shape index (κ1) is 13.5. The van der Waals surface area contributed by atoms with Crippen LogP contribution in [0.15, 0.2) is 59.7 Å². The van der Waals surface area contributed by atoms with Gasteiger partial charge in [-0.3, -0.25) is 4.79 Å². The summed E-state index contributed by atoms with van der Waals surface area (Å²) in [6, 6.07) is 16.3. The van der Waals surface area contributed by atoms with Gasteiger partial charge in [0.1, 0.15) is 12.3 Å². The summed E-state index contributed by atoms with van der Waals surface area (Å²) in [5, 5.41) is 5.85. The number of benzene rings is 2. The van der Waals surface area contributed by atoms with Crippen molar-refractivity contribution in [1.82, 2.24) is 0 Å². The Morgan fingerprint density at radius 3 is 2.60 bits per heavy atom. The van der Waals surface area contributed by atoms with Gasteiger partial charge in [-0.05, 0) is 29.8 Å². The number of para-hydroxylation sites is 3. The Morgan fingerprint density at radius 1 is 1.15 bits per heavy atom. The number of nitrogens with one attached hydrogen (secondary N) is 1. The van der Waals surface area contributed by atoms with Crippen LogP contribution in [0.1, 0.15) is 0 Å². The standard InChI is InChI=1S/C14H12N4O2/c15-18-16-10-14(19)17-12-8-4-5-9-13(12)20-11-6-2-1-3-7-11/h1-9H,10H2,(H,17,19). The van der Waals surface area contributed by atoms with E-state index in [1.807, 2.05) is 30.3 Å². The molecule has 2 rings (SSSR count). The molecule has 0 atom stereocenters. The lowest BCUT2D eigenvalue weighted by molar-refractivity contribution is -0.114. The van der Waals surface area contributed by atoms with E-state index in [1.54, 1.807) is 24.3 Å². The topological polar surface area (TPSA) is 87.1 Å². The molecule has 100 valence electrons. The van der Waals surface area contributed by atoms with Crippen LogP contribution in [-0.4, -0.2) is 12.5 Å². The molecule has 0 saturated carbocycles. The fraction of sp³-hybridized carbons (Fsp3) is 0.0714. The molecule has 0 aliphatic heterocycles. The van der Waals surface area contributed by atoms with E-state index in [0.29, 0.717) is 17.2 Å². The van der Waals surface area contributed by atoms with Crippen molar-refractivity contribution in [3.05, 3.63) is 65.0 Å². The first-order valence-corrected chi connectivity index (χ1v) is 5.92. The highest BCUT2D eigenvalue weighted by Crippen LogP contribution is 2.28. The molecule has 0 spiro atoms. The van der Waals surface area contributed by atoms with Crippen LogP contribution in [0.2, 0.25) is 0 Å². The second kappa shape index (κ2) is 6.82. The molecule has 0 unspecified atom stereocenters. The number of amides is 1. The van der Waals surface area contributed by atoms with Crippen molar-refractivity contribution in [1.29, 1.82) is 0 Å². The molecule has 6 heteroatoms. The van der Waals surface area contributed by atoms with Crippen LogP contribution in [-0.2, 0) is 4.79 Å². The Kier molecular flexibility index (Phi) is 4.59. The van der Waals surface area contributed by atoms with Crippen LogP contribution < -0.4 is 10.1 Å². The summed E-state index contributed by atoms with van der Waals surface area (Å²) >= 11 is 0. The van der Waals surface area contributed by atoms with Crippen molar-refractivity contribution < 1.29 is 9.53 Å². The van der Waals surface area contributed by atoms with E-state index in [0.717, 1.165) is 0 Å². The van der Waals surface area contributed by atoms with E-state index in [9.17, 15) is 4.79 Å². The van der Waals surface area contributed by atoms with E-state index in [2.05, 4.69) is 15.3 Å². The number of hydrogen-bond acceptors (Lipinski definition) is 3. The average molecular weight is 268 g/mol. The molecule has 0 heterocycles. The number of ether oxygens (including phenoxy) is 1. The third-order valence-corrected chi connectivity index (χ3v) is 2.41. The van der Waals surface area contributed by atoms with E-state index in [-0.39, 0.29) is 6.54 Å². The summed E-state index contributed by atoms with van der Waals surface area (Å²) < 4.78 is 5.70. The van der Waals surface area contributed by atoms with Gasteiger partial charge in [-0.25, -0.2) is 0 Å². The molecular formula is C14H12N4O2. The number of anilines is 1. The quantitative estimate of drug-likeness (QED) is 0.508. The maximum absolute atomic E-state index is 11.5. The minimum atomic E-state index is -0.396. The minimum Gasteiger partial charge on any atom is -0.455 e. The molecule has 6 nitrogen and oxygen atoms in total. The molecular weight excluding hydrogens is 256 g/mol. The second-order valence-corrected chi connectivity index (χ2v) is 3.85. The lowest BCUT2D eigenvalue weighted by Crippen LogP contribution is -2.14. The fourth-order valence-corrected chi connectivity index (χ4v) is 1.56. The molecule has 0 aromatic heterocycles. The van der Waals surface area contributed by atoms with Crippen molar-refractivity contribution in [3.8, 4) is 11.5 Å². The van der Waals surface area contributed by atoms with Gasteiger partial charge in [-0.15, -0.1) is 0 Å². The van der Waals surface area contributed by atoms with Gasteiger partial charge in [0, 0.05) is 4.91 Å². The summed E-state index contributed by atoms with van der Waals surface area (Å²) in [7, 11) is 0. The van der Waals surface area contributed by atoms with E-state index >= 15 is 0 Å². The highest BCUT2D eigenvalue weighted by molar-refractivity contribution is 5.93. The lowest BCUT2D eigenvalue weighted by atomic mass is 10.3. The number of hydrogen-bond donors (Lipinski definition) is 1. The van der Waals surface area contributed by atoms with Crippen molar-refractivity contribution in [3.63, 3.8) is 0 Å². The number of nitrogens with zero attached hydrogens (tertiary/aromatic N) is 3. The van der Waals surface area contributed by atoms with Gasteiger partial charge in [0.2, 0.25) is 5.91 Å². The second-order valence-electron chi connectivity index (χ2n) is 3.85. The molecule has 0 saturated heterocycles. The zero-order valence-electron chi connectivity index (χ0n) is 10.6. The first-order valence-electron chi connectivity index (χ1n) is 5.92. The Hall–Kier alpha value is -2.98. The van der Waals surface area contributed by atoms with Gasteiger partial charge < -0.3 is 10.1 Å². The number of carbonyl (C=O) groups is 1. The third kappa shape index (κ3) is 3.76. The molecule has 2 aromatic carbocycles. The van der Waals surface area contributed by atoms with Crippen LogP contribution in [0.25, 0.3) is 10.4 Å². The van der Waals surface area contributed by atoms with Crippen molar-refractivity contribution in [2.45, 2.75) is 0 Å². The maximum atomic E-state index is 11.5. The number of rotatable bonds is 5. The van der Waals surface area contributed by atoms with Gasteiger partial charge in [0.05, 0.1) is 5.69 Å². The van der Waals surface area contributed by atoms with Gasteiger partial charge in [0.25, 0.3) is 0 Å². The molecule has 1 N–H and O–H groups in total. The molecule has 1 amide bonds. The van der Waals surface area contributed by atoms with Gasteiger partial charge >= 0.3 is 0 Å². The van der Waals surface area contributed by atoms with E-state index in [4.69, 9.17) is 10.3 Å². The van der Waals surface area contributed by atoms with Crippen LogP contribution >= 0.6 is 0 Å². The molecule has 0 radical (unpaired) electrons. The molecule has 0 aliphatic rings. The summed E-state index contributed by atoms with van der Waals surface area (Å²) in [6.45, 7) is -0.254. The highest BCUT2D eigenvalue weighted by Gasteiger charge is 2.07. The highest BCUT2D eigenvalue weighted by atomic mass is 16.5. The molecule has 0 aliphatic carbocycles. The van der Waals surface area contributed by atoms with E-state index < -0.39 is 5.91 Å². The molecule has 0 fully saturated rings. The number of carbonyl (C=O) groups excluding carboxylic acids is 1. The predicted molar refractivity (Wildman–Crippen MR) is 75.6 cm³/mol. The maximum Gasteiger partial charge on any atom is 0.230 e. The average Bonchev–Trinajstić information content (AvgIpc) is 2.48. The largest absolute Gasteiger partial charge is 0.455 e. The van der Waals surface area contributed by atoms with Gasteiger partial charge in [-0.2, -0.15) is 0 Å². The Balaban J connectivity index is 2.14. The molecule has 20 heavy (non-hydrogen) atoms. The van der Waals surface area contributed by atoms with Gasteiger partial charge in [0.15, 0.2) is 5.75 Å². The van der Waals surface area contributed by atoms with E-state index in [1.165, 1.54) is 0 Å². The van der Waals surface area contributed by atoms with Crippen molar-refractivity contribution in [2.24, 2.45) is 5.11 Å². The fourth-order valence-electron chi connectivity index (χ4n) is 1.56. The lowest BCUT2D eigenvalue weighted by Gasteiger charge is -2.11. The zero-order chi connectivity index (χ0) is 14.2. The summed E-state index contributed by atoms with van der Waals surface area (Å²) in [5.74, 6) is 0.796. The van der Waals surface area contributed by atoms with Crippen LogP contribution in [0.5, 0.6) is 11.5 Å². The predicted octanol–water partition coefficient (Wildman–Crippen LogP) is 3.73. The van der Waals surface area contributed by atoms with Crippen LogP contribution in [0, 0.1) is 0 Å². The van der Waals surface area contributed by atoms with Crippen molar-refractivity contribution >= 4 is 11.6 Å². The summed E-state index contributed by atoms with van der Waals surface area (Å²) in [6.07, 6.45) is 0. The number of azide groups is 1. The van der Waals surface area contributed by atoms with Gasteiger partial charge in [-0.1, -0.05) is 35.4 Å². The zero-order valence-corrected chi connectivity index (χ0v) is 10.6. The van der Waals surface area contributed by atoms with Crippen LogP contribution in [0.4, 0.5) is 5.69 Å². The molecule has 0 bridgehead atoms. The minimum absolute atomic E-state index is 0.254. The van der Waals surface area contributed by atoms with Crippen LogP contribution in [0.3, 0.4) is 0 Å². The Labute approximate surface area is 115 Å². The normalized spacial score (nSPS) is 9.40.